The number of piperidine rings is 1. The predicted molar refractivity (Wildman–Crippen MR) is 32.5 cm³/mol. The zero-order valence-corrected chi connectivity index (χ0v) is 5.13. The molecule has 0 radical (unpaired) electrons. The van der Waals surface area contributed by atoms with Gasteiger partial charge in [0, 0.05) is 5.92 Å². The van der Waals surface area contributed by atoms with Gasteiger partial charge in [-0.15, -0.1) is 0 Å². The van der Waals surface area contributed by atoms with Crippen LogP contribution in [-0.2, 0) is 4.79 Å². The van der Waals surface area contributed by atoms with Gasteiger partial charge in [-0.1, -0.05) is 0 Å². The Hall–Kier alpha value is -0.570. The van der Waals surface area contributed by atoms with E-state index in [-0.39, 0.29) is 11.8 Å². The van der Waals surface area contributed by atoms with Crippen molar-refractivity contribution >= 4 is 5.91 Å². The summed E-state index contributed by atoms with van der Waals surface area (Å²) in [6.07, 6.45) is 0. The van der Waals surface area contributed by atoms with Crippen molar-refractivity contribution in [2.45, 2.75) is 0 Å². The monoisotopic (exact) mass is 126 g/mol. The molecule has 3 nitrogen and oxygen atoms in total. The maximum Gasteiger partial charge on any atom is 0.221 e. The first-order chi connectivity index (χ1) is 4.30. The highest BCUT2D eigenvalue weighted by Gasteiger charge is 2.55. The SMILES string of the molecule is NC(=O)C1C2CNCC21. The molecule has 1 aliphatic heterocycles. The average Bonchev–Trinajstić information content (AvgIpc) is 2.30. The Morgan fingerprint density at radius 1 is 1.44 bits per heavy atom. The minimum Gasteiger partial charge on any atom is -0.369 e. The molecular formula is C6H10N2O. The van der Waals surface area contributed by atoms with Gasteiger partial charge < -0.3 is 11.1 Å². The van der Waals surface area contributed by atoms with E-state index in [0.29, 0.717) is 11.8 Å². The molecule has 0 spiro atoms. The van der Waals surface area contributed by atoms with Crippen molar-refractivity contribution in [2.75, 3.05) is 13.1 Å². The summed E-state index contributed by atoms with van der Waals surface area (Å²) < 4.78 is 0. The zero-order chi connectivity index (χ0) is 6.43. The van der Waals surface area contributed by atoms with E-state index >= 15 is 0 Å². The molecule has 0 bridgehead atoms. The Kier molecular flexibility index (Phi) is 0.858. The molecule has 2 aliphatic rings. The van der Waals surface area contributed by atoms with Crippen LogP contribution in [-0.4, -0.2) is 19.0 Å². The van der Waals surface area contributed by atoms with Crippen LogP contribution >= 0.6 is 0 Å². The number of nitrogens with two attached hydrogens (primary N) is 1. The average molecular weight is 126 g/mol. The van der Waals surface area contributed by atoms with Crippen LogP contribution in [0.2, 0.25) is 0 Å². The van der Waals surface area contributed by atoms with Crippen LogP contribution < -0.4 is 11.1 Å². The Bertz CT molecular complexity index is 147. The van der Waals surface area contributed by atoms with Crippen LogP contribution in [0.1, 0.15) is 0 Å². The Morgan fingerprint density at radius 2 is 2.00 bits per heavy atom. The topological polar surface area (TPSA) is 55.1 Å². The highest BCUT2D eigenvalue weighted by atomic mass is 16.1. The lowest BCUT2D eigenvalue weighted by Gasteiger charge is -1.97. The fraction of sp³-hybridized carbons (Fsp3) is 0.833. The third kappa shape index (κ3) is 0.580. The van der Waals surface area contributed by atoms with E-state index < -0.39 is 0 Å². The number of hydrogen-bond donors (Lipinski definition) is 2. The number of carbonyl (C=O) groups is 1. The van der Waals surface area contributed by atoms with Crippen LogP contribution in [0.25, 0.3) is 0 Å². The van der Waals surface area contributed by atoms with Crippen LogP contribution in [0.3, 0.4) is 0 Å². The largest absolute Gasteiger partial charge is 0.369 e. The summed E-state index contributed by atoms with van der Waals surface area (Å²) in [5, 5.41) is 3.20. The molecule has 1 aliphatic carbocycles. The molecule has 1 amide bonds. The number of primary amides is 1. The Balaban J connectivity index is 2.02. The van der Waals surface area contributed by atoms with Crippen molar-refractivity contribution in [3.63, 3.8) is 0 Å². The predicted octanol–water partition coefficient (Wildman–Crippen LogP) is -1.06. The smallest absolute Gasteiger partial charge is 0.221 e. The summed E-state index contributed by atoms with van der Waals surface area (Å²) in [5.41, 5.74) is 5.12. The molecule has 3 N–H and O–H groups in total. The molecule has 0 aromatic carbocycles. The Labute approximate surface area is 53.6 Å². The molecule has 3 heteroatoms. The fourth-order valence-corrected chi connectivity index (χ4v) is 1.84. The van der Waals surface area contributed by atoms with Gasteiger partial charge in [-0.05, 0) is 24.9 Å². The summed E-state index contributed by atoms with van der Waals surface area (Å²) in [7, 11) is 0. The summed E-state index contributed by atoms with van der Waals surface area (Å²) in [6.45, 7) is 2.00. The van der Waals surface area contributed by atoms with Gasteiger partial charge in [-0.3, -0.25) is 4.79 Å². The van der Waals surface area contributed by atoms with Crippen molar-refractivity contribution in [3.05, 3.63) is 0 Å². The van der Waals surface area contributed by atoms with Crippen LogP contribution in [0.5, 0.6) is 0 Å². The first kappa shape index (κ1) is 5.23. The van der Waals surface area contributed by atoms with Gasteiger partial charge in [-0.2, -0.15) is 0 Å². The van der Waals surface area contributed by atoms with Gasteiger partial charge in [0.25, 0.3) is 0 Å². The van der Waals surface area contributed by atoms with Crippen molar-refractivity contribution in [3.8, 4) is 0 Å². The van der Waals surface area contributed by atoms with Gasteiger partial charge >= 0.3 is 0 Å². The van der Waals surface area contributed by atoms with E-state index in [9.17, 15) is 4.79 Å². The third-order valence-electron chi connectivity index (χ3n) is 2.42. The highest BCUT2D eigenvalue weighted by Crippen LogP contribution is 2.48. The zero-order valence-electron chi connectivity index (χ0n) is 5.13. The second-order valence-corrected chi connectivity index (χ2v) is 2.91. The fourth-order valence-electron chi connectivity index (χ4n) is 1.84. The first-order valence-electron chi connectivity index (χ1n) is 3.31. The summed E-state index contributed by atoms with van der Waals surface area (Å²) in [4.78, 5) is 10.6. The standard InChI is InChI=1S/C6H10N2O/c7-6(9)5-3-1-8-2-4(3)5/h3-5,8H,1-2H2,(H2,7,9). The van der Waals surface area contributed by atoms with Crippen molar-refractivity contribution in [1.29, 1.82) is 0 Å². The lowest BCUT2D eigenvalue weighted by Crippen LogP contribution is -2.23. The summed E-state index contributed by atoms with van der Waals surface area (Å²) in [5.74, 6) is 1.28. The van der Waals surface area contributed by atoms with Gasteiger partial charge in [0.2, 0.25) is 5.91 Å². The molecule has 50 valence electrons. The van der Waals surface area contributed by atoms with Gasteiger partial charge in [0.05, 0.1) is 0 Å². The van der Waals surface area contributed by atoms with Gasteiger partial charge in [-0.25, -0.2) is 0 Å². The number of carbonyl (C=O) groups excluding carboxylic acids is 1. The molecule has 1 heterocycles. The van der Waals surface area contributed by atoms with E-state index in [2.05, 4.69) is 5.32 Å². The molecule has 0 aromatic rings. The third-order valence-corrected chi connectivity index (χ3v) is 2.42. The quantitative estimate of drug-likeness (QED) is 0.470. The van der Waals surface area contributed by atoms with Crippen LogP contribution in [0, 0.1) is 17.8 Å². The lowest BCUT2D eigenvalue weighted by molar-refractivity contribution is -0.119. The number of nitrogens with one attached hydrogen (secondary N) is 1. The van der Waals surface area contributed by atoms with Crippen molar-refractivity contribution < 1.29 is 4.79 Å². The van der Waals surface area contributed by atoms with Crippen molar-refractivity contribution in [1.82, 2.24) is 5.32 Å². The first-order valence-corrected chi connectivity index (χ1v) is 3.31. The molecule has 2 fully saturated rings. The molecule has 2 atom stereocenters. The minimum absolute atomic E-state index is 0.105. The minimum atomic E-state index is -0.105. The second kappa shape index (κ2) is 1.48. The number of hydrogen-bond acceptors (Lipinski definition) is 2. The van der Waals surface area contributed by atoms with E-state index in [1.807, 2.05) is 0 Å². The molecule has 9 heavy (non-hydrogen) atoms. The van der Waals surface area contributed by atoms with Crippen molar-refractivity contribution in [2.24, 2.45) is 23.5 Å². The van der Waals surface area contributed by atoms with E-state index in [1.165, 1.54) is 0 Å². The van der Waals surface area contributed by atoms with Gasteiger partial charge in [0.15, 0.2) is 0 Å². The summed E-state index contributed by atoms with van der Waals surface area (Å²) >= 11 is 0. The number of rotatable bonds is 1. The van der Waals surface area contributed by atoms with Crippen LogP contribution in [0.4, 0.5) is 0 Å². The van der Waals surface area contributed by atoms with E-state index in [1.54, 1.807) is 0 Å². The number of amides is 1. The second-order valence-electron chi connectivity index (χ2n) is 2.91. The molecule has 1 saturated carbocycles. The number of fused-ring (bicyclic) bond motifs is 1. The lowest BCUT2D eigenvalue weighted by atomic mass is 10.3. The Morgan fingerprint density at radius 3 is 2.33 bits per heavy atom. The van der Waals surface area contributed by atoms with Gasteiger partial charge in [0.1, 0.15) is 0 Å². The van der Waals surface area contributed by atoms with E-state index in [0.717, 1.165) is 13.1 Å². The molecule has 2 rings (SSSR count). The maximum atomic E-state index is 10.6. The molecule has 1 saturated heterocycles. The molecule has 2 unspecified atom stereocenters. The highest BCUT2D eigenvalue weighted by molar-refractivity contribution is 5.80. The van der Waals surface area contributed by atoms with E-state index in [4.69, 9.17) is 5.73 Å². The maximum absolute atomic E-state index is 10.6. The van der Waals surface area contributed by atoms with Crippen LogP contribution in [0.15, 0.2) is 0 Å². The molecular weight excluding hydrogens is 116 g/mol. The summed E-state index contributed by atoms with van der Waals surface area (Å²) in [6, 6.07) is 0. The molecule has 0 aromatic heterocycles. The normalized spacial score (nSPS) is 46.4.